The number of rotatable bonds is 14. The first-order chi connectivity index (χ1) is 20.5. The molecular formula is C35H43ClN2O4. The Kier molecular flexibility index (Phi) is 12.1. The van der Waals surface area contributed by atoms with Crippen LogP contribution in [0.15, 0.2) is 72.8 Å². The molecule has 0 bridgehead atoms. The number of halogens is 1. The molecule has 0 heterocycles. The first-order valence-corrected chi connectivity index (χ1v) is 15.6. The molecule has 42 heavy (non-hydrogen) atoms. The quantitative estimate of drug-likeness (QED) is 0.216. The molecule has 1 unspecified atom stereocenters. The van der Waals surface area contributed by atoms with E-state index in [4.69, 9.17) is 21.1 Å². The maximum atomic E-state index is 14.1. The second-order valence-corrected chi connectivity index (χ2v) is 11.3. The maximum Gasteiger partial charge on any atom is 0.243 e. The topological polar surface area (TPSA) is 67.9 Å². The van der Waals surface area contributed by atoms with Gasteiger partial charge < -0.3 is 19.7 Å². The van der Waals surface area contributed by atoms with Crippen molar-refractivity contribution in [1.29, 1.82) is 0 Å². The standard InChI is InChI=1S/C35H43ClN2O4/c1-3-41-32-20-18-27(24-33(32)42-4-2)19-21-34(39)38(25-28-14-11-15-29(36)22-28)31(23-26-12-7-5-8-13-26)35(40)37-30-16-9-6-10-17-30/h5,7-8,11-15,18,20,22,24,30-31H,3-4,6,9-10,16-17,19,21,23,25H2,1-2H3,(H,37,40). The molecule has 0 spiro atoms. The van der Waals surface area contributed by atoms with Crippen LogP contribution in [-0.4, -0.2) is 42.0 Å². The molecule has 3 aromatic carbocycles. The Hall–Kier alpha value is -3.51. The summed E-state index contributed by atoms with van der Waals surface area (Å²) in [6.07, 6.45) is 6.59. The maximum absolute atomic E-state index is 14.1. The van der Waals surface area contributed by atoms with E-state index >= 15 is 0 Å². The fourth-order valence-corrected chi connectivity index (χ4v) is 5.79. The Morgan fingerprint density at radius 3 is 2.29 bits per heavy atom. The molecule has 2 amide bonds. The summed E-state index contributed by atoms with van der Waals surface area (Å²) in [5, 5.41) is 3.90. The summed E-state index contributed by atoms with van der Waals surface area (Å²) in [6, 6.07) is 22.7. The molecule has 1 saturated carbocycles. The summed E-state index contributed by atoms with van der Waals surface area (Å²) < 4.78 is 11.5. The zero-order chi connectivity index (χ0) is 29.7. The molecule has 1 aliphatic carbocycles. The lowest BCUT2D eigenvalue weighted by molar-refractivity contribution is -0.141. The Bertz CT molecular complexity index is 1290. The van der Waals surface area contributed by atoms with E-state index in [1.54, 1.807) is 4.90 Å². The van der Waals surface area contributed by atoms with Crippen LogP contribution in [0.4, 0.5) is 0 Å². The summed E-state index contributed by atoms with van der Waals surface area (Å²) in [5.41, 5.74) is 2.88. The first kappa shape index (κ1) is 31.4. The van der Waals surface area contributed by atoms with Crippen LogP contribution in [0.5, 0.6) is 11.5 Å². The number of nitrogens with zero attached hydrogens (tertiary/aromatic N) is 1. The van der Waals surface area contributed by atoms with E-state index < -0.39 is 6.04 Å². The van der Waals surface area contributed by atoms with Gasteiger partial charge in [0.2, 0.25) is 11.8 Å². The van der Waals surface area contributed by atoms with Crippen LogP contribution in [0.25, 0.3) is 0 Å². The van der Waals surface area contributed by atoms with Crippen LogP contribution in [0.3, 0.4) is 0 Å². The van der Waals surface area contributed by atoms with E-state index in [9.17, 15) is 9.59 Å². The van der Waals surface area contributed by atoms with Crippen molar-refractivity contribution in [3.63, 3.8) is 0 Å². The van der Waals surface area contributed by atoms with Gasteiger partial charge in [-0.05, 0) is 74.1 Å². The average molecular weight is 591 g/mol. The molecule has 0 aliphatic heterocycles. The highest BCUT2D eigenvalue weighted by Gasteiger charge is 2.31. The van der Waals surface area contributed by atoms with Crippen LogP contribution in [0, 0.1) is 0 Å². The van der Waals surface area contributed by atoms with Crippen molar-refractivity contribution in [2.24, 2.45) is 0 Å². The summed E-state index contributed by atoms with van der Waals surface area (Å²) in [4.78, 5) is 29.8. The van der Waals surface area contributed by atoms with Crippen molar-refractivity contribution >= 4 is 23.4 Å². The molecule has 0 radical (unpaired) electrons. The van der Waals surface area contributed by atoms with Crippen LogP contribution in [0.1, 0.15) is 69.1 Å². The number of hydrogen-bond donors (Lipinski definition) is 1. The van der Waals surface area contributed by atoms with Gasteiger partial charge in [-0.25, -0.2) is 0 Å². The molecule has 1 aliphatic rings. The molecule has 0 saturated heterocycles. The number of benzene rings is 3. The number of ether oxygens (including phenoxy) is 2. The van der Waals surface area contributed by atoms with Gasteiger partial charge in [0.05, 0.1) is 13.2 Å². The highest BCUT2D eigenvalue weighted by atomic mass is 35.5. The van der Waals surface area contributed by atoms with Crippen molar-refractivity contribution in [3.8, 4) is 11.5 Å². The van der Waals surface area contributed by atoms with Gasteiger partial charge in [0.25, 0.3) is 0 Å². The van der Waals surface area contributed by atoms with Gasteiger partial charge in [0.1, 0.15) is 6.04 Å². The monoisotopic (exact) mass is 590 g/mol. The van der Waals surface area contributed by atoms with Crippen molar-refractivity contribution in [1.82, 2.24) is 10.2 Å². The lowest BCUT2D eigenvalue weighted by Crippen LogP contribution is -2.52. The molecule has 1 N–H and O–H groups in total. The minimum Gasteiger partial charge on any atom is -0.490 e. The van der Waals surface area contributed by atoms with Gasteiger partial charge in [-0.15, -0.1) is 0 Å². The van der Waals surface area contributed by atoms with Gasteiger partial charge in [-0.3, -0.25) is 9.59 Å². The van der Waals surface area contributed by atoms with Crippen LogP contribution in [0.2, 0.25) is 5.02 Å². The van der Waals surface area contributed by atoms with E-state index in [1.807, 2.05) is 86.6 Å². The zero-order valence-corrected chi connectivity index (χ0v) is 25.6. The Morgan fingerprint density at radius 2 is 1.57 bits per heavy atom. The molecule has 3 aromatic rings. The van der Waals surface area contributed by atoms with Crippen LogP contribution >= 0.6 is 11.6 Å². The van der Waals surface area contributed by atoms with Gasteiger partial charge in [0.15, 0.2) is 11.5 Å². The fourth-order valence-electron chi connectivity index (χ4n) is 5.58. The second-order valence-electron chi connectivity index (χ2n) is 10.8. The summed E-state index contributed by atoms with van der Waals surface area (Å²) in [6.45, 7) is 5.23. The Morgan fingerprint density at radius 1 is 0.857 bits per heavy atom. The van der Waals surface area contributed by atoms with E-state index in [-0.39, 0.29) is 24.3 Å². The average Bonchev–Trinajstić information content (AvgIpc) is 3.00. The molecule has 4 rings (SSSR count). The highest BCUT2D eigenvalue weighted by Crippen LogP contribution is 2.29. The predicted octanol–water partition coefficient (Wildman–Crippen LogP) is 7.16. The molecular weight excluding hydrogens is 548 g/mol. The van der Waals surface area contributed by atoms with Crippen molar-refractivity contribution in [2.75, 3.05) is 13.2 Å². The van der Waals surface area contributed by atoms with Crippen LogP contribution in [-0.2, 0) is 29.0 Å². The summed E-state index contributed by atoms with van der Waals surface area (Å²) in [5.74, 6) is 1.19. The number of nitrogens with one attached hydrogen (secondary N) is 1. The molecule has 7 heteroatoms. The number of carbonyl (C=O) groups is 2. The first-order valence-electron chi connectivity index (χ1n) is 15.2. The lowest BCUT2D eigenvalue weighted by atomic mass is 9.94. The Balaban J connectivity index is 1.60. The minimum absolute atomic E-state index is 0.0819. The van der Waals surface area contributed by atoms with Gasteiger partial charge in [-0.2, -0.15) is 0 Å². The number of aryl methyl sites for hydroxylation is 1. The van der Waals surface area contributed by atoms with Crippen molar-refractivity contribution in [3.05, 3.63) is 94.5 Å². The van der Waals surface area contributed by atoms with Gasteiger partial charge >= 0.3 is 0 Å². The lowest BCUT2D eigenvalue weighted by Gasteiger charge is -2.33. The third-order valence-electron chi connectivity index (χ3n) is 7.70. The molecule has 0 aromatic heterocycles. The SMILES string of the molecule is CCOc1ccc(CCC(=O)N(Cc2cccc(Cl)c2)C(Cc2ccccc2)C(=O)NC2CCCCC2)cc1OCC. The smallest absolute Gasteiger partial charge is 0.243 e. The number of hydrogen-bond acceptors (Lipinski definition) is 4. The largest absolute Gasteiger partial charge is 0.490 e. The van der Waals surface area contributed by atoms with E-state index in [1.165, 1.54) is 6.42 Å². The van der Waals surface area contributed by atoms with Gasteiger partial charge in [0, 0.05) is 30.5 Å². The third kappa shape index (κ3) is 9.25. The van der Waals surface area contributed by atoms with E-state index in [0.29, 0.717) is 49.1 Å². The normalized spacial score (nSPS) is 14.2. The molecule has 1 fully saturated rings. The van der Waals surface area contributed by atoms with Gasteiger partial charge in [-0.1, -0.05) is 79.4 Å². The highest BCUT2D eigenvalue weighted by molar-refractivity contribution is 6.30. The molecule has 6 nitrogen and oxygen atoms in total. The van der Waals surface area contributed by atoms with Crippen molar-refractivity contribution in [2.45, 2.75) is 83.8 Å². The summed E-state index contributed by atoms with van der Waals surface area (Å²) in [7, 11) is 0. The predicted molar refractivity (Wildman–Crippen MR) is 168 cm³/mol. The number of amides is 2. The van der Waals surface area contributed by atoms with E-state index in [2.05, 4.69) is 5.32 Å². The zero-order valence-electron chi connectivity index (χ0n) is 24.8. The van der Waals surface area contributed by atoms with Crippen molar-refractivity contribution < 1.29 is 19.1 Å². The Labute approximate surface area is 255 Å². The van der Waals surface area contributed by atoms with Crippen LogP contribution < -0.4 is 14.8 Å². The van der Waals surface area contributed by atoms with E-state index in [0.717, 1.165) is 42.4 Å². The third-order valence-corrected chi connectivity index (χ3v) is 7.94. The fraction of sp³-hybridized carbons (Fsp3) is 0.429. The summed E-state index contributed by atoms with van der Waals surface area (Å²) >= 11 is 6.32. The minimum atomic E-state index is -0.653. The molecule has 224 valence electrons. The number of carbonyl (C=O) groups excluding carboxylic acids is 2. The molecule has 1 atom stereocenters. The second kappa shape index (κ2) is 16.2.